The van der Waals surface area contributed by atoms with Gasteiger partial charge < -0.3 is 14.2 Å². The van der Waals surface area contributed by atoms with Gasteiger partial charge in [0.05, 0.1) is 18.2 Å². The first kappa shape index (κ1) is 18.2. The Morgan fingerprint density at radius 2 is 2.04 bits per heavy atom. The first-order valence-corrected chi connectivity index (χ1v) is 8.91. The summed E-state index contributed by atoms with van der Waals surface area (Å²) >= 11 is 3.46. The van der Waals surface area contributed by atoms with Crippen molar-refractivity contribution in [2.75, 3.05) is 13.7 Å². The van der Waals surface area contributed by atoms with Crippen LogP contribution in [0.15, 0.2) is 51.6 Å². The molecule has 1 aliphatic rings. The lowest BCUT2D eigenvalue weighted by atomic mass is 10.1. The molecular weight excluding hydrogens is 398 g/mol. The maximum Gasteiger partial charge on any atom is 0.363 e. The number of rotatable bonds is 5. The summed E-state index contributed by atoms with van der Waals surface area (Å²) in [5, 5.41) is 0. The van der Waals surface area contributed by atoms with E-state index < -0.39 is 5.97 Å². The molecule has 6 heteroatoms. The number of cyclic esters (lactones) is 1. The van der Waals surface area contributed by atoms with Gasteiger partial charge in [-0.2, -0.15) is 0 Å². The number of methoxy groups -OCH3 is 1. The van der Waals surface area contributed by atoms with E-state index >= 15 is 0 Å². The standard InChI is InChI=1S/C20H18BrNO4/c1-4-25-17-11-13(9-15(21)18(17)24-3)10-16-20(23)26-19(22-16)14-8-6-5-7-12(14)2/h5-11H,4H2,1-3H3. The topological polar surface area (TPSA) is 57.1 Å². The van der Waals surface area contributed by atoms with Crippen LogP contribution in [0.3, 0.4) is 0 Å². The Labute approximate surface area is 160 Å². The van der Waals surface area contributed by atoms with Gasteiger partial charge in [-0.05, 0) is 65.2 Å². The molecule has 3 rings (SSSR count). The number of hydrogen-bond donors (Lipinski definition) is 0. The Morgan fingerprint density at radius 1 is 1.27 bits per heavy atom. The highest BCUT2D eigenvalue weighted by Crippen LogP contribution is 2.37. The molecule has 134 valence electrons. The van der Waals surface area contributed by atoms with Crippen molar-refractivity contribution in [3.63, 3.8) is 0 Å². The summed E-state index contributed by atoms with van der Waals surface area (Å²) in [4.78, 5) is 16.6. The molecule has 2 aromatic carbocycles. The van der Waals surface area contributed by atoms with Crippen molar-refractivity contribution in [2.45, 2.75) is 13.8 Å². The zero-order valence-electron chi connectivity index (χ0n) is 14.7. The van der Waals surface area contributed by atoms with E-state index in [4.69, 9.17) is 14.2 Å². The van der Waals surface area contributed by atoms with Crippen LogP contribution in [0.25, 0.3) is 6.08 Å². The number of hydrogen-bond acceptors (Lipinski definition) is 5. The van der Waals surface area contributed by atoms with Crippen LogP contribution in [-0.2, 0) is 9.53 Å². The highest BCUT2D eigenvalue weighted by molar-refractivity contribution is 9.10. The fourth-order valence-electron chi connectivity index (χ4n) is 2.63. The van der Waals surface area contributed by atoms with Crippen molar-refractivity contribution in [3.05, 3.63) is 63.3 Å². The summed E-state index contributed by atoms with van der Waals surface area (Å²) in [5.74, 6) is 1.03. The summed E-state index contributed by atoms with van der Waals surface area (Å²) in [6.45, 7) is 4.34. The number of carbonyl (C=O) groups excluding carboxylic acids is 1. The third kappa shape index (κ3) is 3.65. The SMILES string of the molecule is CCOc1cc(C=C2N=C(c3ccccc3C)OC2=O)cc(Br)c1OC. The average molecular weight is 416 g/mol. The largest absolute Gasteiger partial charge is 0.492 e. The van der Waals surface area contributed by atoms with E-state index in [1.807, 2.05) is 44.2 Å². The smallest absolute Gasteiger partial charge is 0.363 e. The van der Waals surface area contributed by atoms with E-state index in [-0.39, 0.29) is 5.70 Å². The predicted molar refractivity (Wildman–Crippen MR) is 104 cm³/mol. The van der Waals surface area contributed by atoms with Crippen LogP contribution in [0.5, 0.6) is 11.5 Å². The second-order valence-electron chi connectivity index (χ2n) is 5.62. The van der Waals surface area contributed by atoms with Gasteiger partial charge in [0, 0.05) is 5.56 Å². The van der Waals surface area contributed by atoms with Gasteiger partial charge >= 0.3 is 5.97 Å². The number of carbonyl (C=O) groups is 1. The lowest BCUT2D eigenvalue weighted by Gasteiger charge is -2.12. The minimum atomic E-state index is -0.479. The molecule has 0 spiro atoms. The van der Waals surface area contributed by atoms with E-state index in [9.17, 15) is 4.79 Å². The van der Waals surface area contributed by atoms with E-state index in [2.05, 4.69) is 20.9 Å². The second-order valence-corrected chi connectivity index (χ2v) is 6.47. The summed E-state index contributed by atoms with van der Waals surface area (Å²) in [7, 11) is 1.58. The van der Waals surface area contributed by atoms with Crippen LogP contribution in [-0.4, -0.2) is 25.6 Å². The molecule has 1 aliphatic heterocycles. The molecule has 2 aromatic rings. The zero-order chi connectivity index (χ0) is 18.7. The molecule has 0 fully saturated rings. The van der Waals surface area contributed by atoms with Crippen molar-refractivity contribution in [3.8, 4) is 11.5 Å². The summed E-state index contributed by atoms with van der Waals surface area (Å²) in [6, 6.07) is 11.3. The molecule has 26 heavy (non-hydrogen) atoms. The van der Waals surface area contributed by atoms with Crippen LogP contribution < -0.4 is 9.47 Å². The highest BCUT2D eigenvalue weighted by Gasteiger charge is 2.25. The third-order valence-corrected chi connectivity index (χ3v) is 4.42. The first-order valence-electron chi connectivity index (χ1n) is 8.12. The van der Waals surface area contributed by atoms with Gasteiger partial charge in [-0.25, -0.2) is 9.79 Å². The fraction of sp³-hybridized carbons (Fsp3) is 0.200. The van der Waals surface area contributed by atoms with Crippen LogP contribution in [0.1, 0.15) is 23.6 Å². The van der Waals surface area contributed by atoms with E-state index in [0.717, 1.165) is 21.2 Å². The second kappa shape index (κ2) is 7.74. The van der Waals surface area contributed by atoms with Crippen molar-refractivity contribution in [2.24, 2.45) is 4.99 Å². The Hall–Kier alpha value is -2.60. The normalized spacial score (nSPS) is 15.0. The van der Waals surface area contributed by atoms with Gasteiger partial charge in [0.25, 0.3) is 0 Å². The van der Waals surface area contributed by atoms with Crippen LogP contribution in [0.2, 0.25) is 0 Å². The molecule has 5 nitrogen and oxygen atoms in total. The van der Waals surface area contributed by atoms with Gasteiger partial charge in [-0.3, -0.25) is 0 Å². The fourth-order valence-corrected chi connectivity index (χ4v) is 3.25. The Morgan fingerprint density at radius 3 is 2.73 bits per heavy atom. The highest BCUT2D eigenvalue weighted by atomic mass is 79.9. The molecule has 0 bridgehead atoms. The Balaban J connectivity index is 1.99. The van der Waals surface area contributed by atoms with Crippen molar-refractivity contribution in [1.82, 2.24) is 0 Å². The van der Waals surface area contributed by atoms with Crippen molar-refractivity contribution >= 4 is 33.9 Å². The van der Waals surface area contributed by atoms with Crippen molar-refractivity contribution in [1.29, 1.82) is 0 Å². The zero-order valence-corrected chi connectivity index (χ0v) is 16.3. The lowest BCUT2D eigenvalue weighted by Crippen LogP contribution is -2.06. The maximum atomic E-state index is 12.2. The molecule has 0 N–H and O–H groups in total. The number of benzene rings is 2. The summed E-state index contributed by atoms with van der Waals surface area (Å²) in [6.07, 6.45) is 1.67. The van der Waals surface area contributed by atoms with Gasteiger partial charge in [-0.1, -0.05) is 18.2 Å². The average Bonchev–Trinajstić information content (AvgIpc) is 2.96. The number of halogens is 1. The molecule has 0 aliphatic carbocycles. The maximum absolute atomic E-state index is 12.2. The molecular formula is C20H18BrNO4. The third-order valence-electron chi connectivity index (χ3n) is 3.84. The quantitative estimate of drug-likeness (QED) is 0.532. The van der Waals surface area contributed by atoms with E-state index in [1.165, 1.54) is 0 Å². The summed E-state index contributed by atoms with van der Waals surface area (Å²) in [5.41, 5.74) is 2.78. The van der Waals surface area contributed by atoms with E-state index in [1.54, 1.807) is 19.3 Å². The van der Waals surface area contributed by atoms with Crippen LogP contribution >= 0.6 is 15.9 Å². The number of ether oxygens (including phenoxy) is 3. The molecule has 1 heterocycles. The van der Waals surface area contributed by atoms with Crippen LogP contribution in [0, 0.1) is 6.92 Å². The lowest BCUT2D eigenvalue weighted by molar-refractivity contribution is -0.129. The number of esters is 1. The Kier molecular flexibility index (Phi) is 5.42. The summed E-state index contributed by atoms with van der Waals surface area (Å²) < 4.78 is 17.0. The molecule has 0 radical (unpaired) electrons. The van der Waals surface area contributed by atoms with Gasteiger partial charge in [0.1, 0.15) is 0 Å². The Bertz CT molecular complexity index is 918. The number of aryl methyl sites for hydroxylation is 1. The first-order chi connectivity index (χ1) is 12.5. The van der Waals surface area contributed by atoms with Gasteiger partial charge in [0.15, 0.2) is 17.2 Å². The molecule has 0 saturated carbocycles. The molecule has 0 unspecified atom stereocenters. The monoisotopic (exact) mass is 415 g/mol. The molecule has 0 amide bonds. The number of aliphatic imine (C=N–C) groups is 1. The molecule has 0 atom stereocenters. The minimum absolute atomic E-state index is 0.239. The molecule has 0 saturated heterocycles. The van der Waals surface area contributed by atoms with Gasteiger partial charge in [0.2, 0.25) is 5.90 Å². The molecule has 0 aromatic heterocycles. The minimum Gasteiger partial charge on any atom is -0.492 e. The number of nitrogens with zero attached hydrogens (tertiary/aromatic N) is 1. The predicted octanol–water partition coefficient (Wildman–Crippen LogP) is 4.51. The van der Waals surface area contributed by atoms with Crippen molar-refractivity contribution < 1.29 is 19.0 Å². The van der Waals surface area contributed by atoms with E-state index in [0.29, 0.717) is 24.0 Å². The van der Waals surface area contributed by atoms with Crippen LogP contribution in [0.4, 0.5) is 0 Å². The van der Waals surface area contributed by atoms with Gasteiger partial charge in [-0.15, -0.1) is 0 Å².